The second-order valence-corrected chi connectivity index (χ2v) is 7.12. The van der Waals surface area contributed by atoms with Crippen molar-refractivity contribution in [3.05, 3.63) is 57.2 Å². The number of carbonyl (C=O) groups is 2. The molecule has 1 aromatic carbocycles. The molecule has 0 radical (unpaired) electrons. The van der Waals surface area contributed by atoms with E-state index < -0.39 is 10.8 Å². The number of para-hydroxylation sites is 1. The first-order valence-electron chi connectivity index (χ1n) is 8.14. The quantitative estimate of drug-likeness (QED) is 0.434. The van der Waals surface area contributed by atoms with Crippen LogP contribution in [0.4, 0.5) is 5.69 Å². The molecular formula is C18H17ClN4O5S. The van der Waals surface area contributed by atoms with Gasteiger partial charge in [0.25, 0.3) is 17.5 Å². The van der Waals surface area contributed by atoms with E-state index in [-0.39, 0.29) is 35.7 Å². The summed E-state index contributed by atoms with van der Waals surface area (Å²) in [7, 11) is 3.49. The molecule has 0 aliphatic carbocycles. The van der Waals surface area contributed by atoms with E-state index in [9.17, 15) is 19.7 Å². The highest BCUT2D eigenvalue weighted by molar-refractivity contribution is 8.18. The fourth-order valence-electron chi connectivity index (χ4n) is 2.45. The topological polar surface area (TPSA) is 118 Å². The van der Waals surface area contributed by atoms with Crippen LogP contribution in [0.2, 0.25) is 0 Å². The van der Waals surface area contributed by atoms with E-state index in [1.54, 1.807) is 49.3 Å². The molecule has 1 saturated heterocycles. The van der Waals surface area contributed by atoms with Crippen molar-refractivity contribution in [3.63, 3.8) is 0 Å². The molecule has 11 heteroatoms. The SMILES string of the molecule is CN(C)CC(=O)/N=C1\NC(=O)/C(=C/c2ccc(-c3ccccc3[N+](=O)[O-])o2)S1.Cl. The molecule has 29 heavy (non-hydrogen) atoms. The minimum absolute atomic E-state index is 0. The lowest BCUT2D eigenvalue weighted by molar-refractivity contribution is -0.384. The Kier molecular flexibility index (Phi) is 7.32. The summed E-state index contributed by atoms with van der Waals surface area (Å²) in [6.45, 7) is 0.135. The molecule has 0 atom stereocenters. The van der Waals surface area contributed by atoms with E-state index in [0.717, 1.165) is 11.8 Å². The average molecular weight is 437 g/mol. The molecular weight excluding hydrogens is 420 g/mol. The number of furan rings is 1. The van der Waals surface area contributed by atoms with Crippen LogP contribution < -0.4 is 5.32 Å². The number of hydrogen-bond acceptors (Lipinski definition) is 7. The molecule has 2 heterocycles. The maximum Gasteiger partial charge on any atom is 0.280 e. The fraction of sp³-hybridized carbons (Fsp3) is 0.167. The number of hydrogen-bond donors (Lipinski definition) is 1. The number of nitrogens with one attached hydrogen (secondary N) is 1. The average Bonchev–Trinajstić information content (AvgIpc) is 3.21. The Morgan fingerprint density at radius 2 is 2.03 bits per heavy atom. The summed E-state index contributed by atoms with van der Waals surface area (Å²) in [5.41, 5.74) is 0.273. The minimum atomic E-state index is -0.482. The van der Waals surface area contributed by atoms with E-state index in [0.29, 0.717) is 22.0 Å². The number of halogens is 1. The number of thioether (sulfide) groups is 1. The molecule has 1 N–H and O–H groups in total. The van der Waals surface area contributed by atoms with Gasteiger partial charge >= 0.3 is 0 Å². The first-order chi connectivity index (χ1) is 13.3. The van der Waals surface area contributed by atoms with Crippen molar-refractivity contribution in [2.45, 2.75) is 0 Å². The first kappa shape index (κ1) is 22.3. The monoisotopic (exact) mass is 436 g/mol. The van der Waals surface area contributed by atoms with Crippen molar-refractivity contribution >= 4 is 52.9 Å². The third kappa shape index (κ3) is 5.53. The molecule has 1 aliphatic rings. The Morgan fingerprint density at radius 1 is 1.31 bits per heavy atom. The number of amidine groups is 1. The largest absolute Gasteiger partial charge is 0.456 e. The molecule has 1 fully saturated rings. The summed E-state index contributed by atoms with van der Waals surface area (Å²) in [5.74, 6) is -0.0972. The lowest BCUT2D eigenvalue weighted by Gasteiger charge is -2.04. The highest BCUT2D eigenvalue weighted by atomic mass is 35.5. The lowest BCUT2D eigenvalue weighted by atomic mass is 10.1. The van der Waals surface area contributed by atoms with Gasteiger partial charge in [-0.25, -0.2) is 0 Å². The molecule has 2 amide bonds. The fourth-order valence-corrected chi connectivity index (χ4v) is 3.26. The van der Waals surface area contributed by atoms with Gasteiger partial charge in [-0.1, -0.05) is 12.1 Å². The molecule has 1 aliphatic heterocycles. The number of aliphatic imine (C=N–C) groups is 1. The summed E-state index contributed by atoms with van der Waals surface area (Å²) < 4.78 is 5.65. The van der Waals surface area contributed by atoms with Gasteiger partial charge in [-0.2, -0.15) is 4.99 Å². The lowest BCUT2D eigenvalue weighted by Crippen LogP contribution is -2.24. The van der Waals surface area contributed by atoms with Crippen LogP contribution in [0, 0.1) is 10.1 Å². The van der Waals surface area contributed by atoms with Crippen LogP contribution in [0.3, 0.4) is 0 Å². The number of carbonyl (C=O) groups excluding carboxylic acids is 2. The predicted molar refractivity (Wildman–Crippen MR) is 113 cm³/mol. The molecule has 2 aromatic rings. The van der Waals surface area contributed by atoms with Crippen molar-refractivity contribution in [2.75, 3.05) is 20.6 Å². The Balaban J connectivity index is 0.00000300. The van der Waals surface area contributed by atoms with Crippen LogP contribution in [0.15, 0.2) is 50.7 Å². The molecule has 3 rings (SSSR count). The second kappa shape index (κ2) is 9.50. The van der Waals surface area contributed by atoms with Crippen LogP contribution in [0.1, 0.15) is 5.76 Å². The van der Waals surface area contributed by atoms with Crippen molar-refractivity contribution in [2.24, 2.45) is 4.99 Å². The van der Waals surface area contributed by atoms with Crippen molar-refractivity contribution < 1.29 is 18.9 Å². The highest BCUT2D eigenvalue weighted by Gasteiger charge is 2.25. The molecule has 0 spiro atoms. The van der Waals surface area contributed by atoms with Gasteiger partial charge in [-0.3, -0.25) is 19.7 Å². The standard InChI is InChI=1S/C18H16N4O5S.ClH/c1-21(2)10-16(23)19-18-20-17(24)15(28-18)9-11-7-8-14(27-11)12-5-3-4-6-13(12)22(25)26;/h3-9H,10H2,1-2H3,(H,19,20,23,24);1H/b15-9-;. The maximum atomic E-state index is 12.1. The summed E-state index contributed by atoms with van der Waals surface area (Å²) in [4.78, 5) is 40.4. The number of rotatable bonds is 5. The zero-order valence-corrected chi connectivity index (χ0v) is 17.1. The van der Waals surface area contributed by atoms with Gasteiger partial charge in [0.1, 0.15) is 11.5 Å². The van der Waals surface area contributed by atoms with Gasteiger partial charge in [0.2, 0.25) is 0 Å². The Bertz CT molecular complexity index is 1020. The molecule has 152 valence electrons. The predicted octanol–water partition coefficient (Wildman–Crippen LogP) is 2.92. The van der Waals surface area contributed by atoms with Gasteiger partial charge in [-0.05, 0) is 44.1 Å². The van der Waals surface area contributed by atoms with E-state index >= 15 is 0 Å². The summed E-state index contributed by atoms with van der Waals surface area (Å²) >= 11 is 1.03. The zero-order chi connectivity index (χ0) is 20.3. The molecule has 0 saturated carbocycles. The third-order valence-corrected chi connectivity index (χ3v) is 4.50. The Labute approximate surface area is 176 Å². The first-order valence-corrected chi connectivity index (χ1v) is 8.96. The number of nitrogens with zero attached hydrogens (tertiary/aromatic N) is 3. The van der Waals surface area contributed by atoms with Crippen LogP contribution in [0.25, 0.3) is 17.4 Å². The second-order valence-electron chi connectivity index (χ2n) is 6.09. The van der Waals surface area contributed by atoms with Gasteiger partial charge in [0, 0.05) is 12.1 Å². The molecule has 0 unspecified atom stereocenters. The smallest absolute Gasteiger partial charge is 0.280 e. The molecule has 0 bridgehead atoms. The van der Waals surface area contributed by atoms with Crippen molar-refractivity contribution in [1.82, 2.24) is 10.2 Å². The summed E-state index contributed by atoms with van der Waals surface area (Å²) in [5, 5.41) is 13.9. The Hall–Kier alpha value is -2.95. The normalized spacial score (nSPS) is 16.2. The number of benzene rings is 1. The van der Waals surface area contributed by atoms with E-state index in [4.69, 9.17) is 4.42 Å². The van der Waals surface area contributed by atoms with Gasteiger partial charge < -0.3 is 14.6 Å². The molecule has 1 aromatic heterocycles. The zero-order valence-electron chi connectivity index (χ0n) is 15.4. The van der Waals surface area contributed by atoms with Crippen molar-refractivity contribution in [1.29, 1.82) is 0 Å². The van der Waals surface area contributed by atoms with Crippen LogP contribution >= 0.6 is 24.2 Å². The number of nitro benzene ring substituents is 1. The third-order valence-electron chi connectivity index (χ3n) is 3.59. The van der Waals surface area contributed by atoms with Crippen molar-refractivity contribution in [3.8, 4) is 11.3 Å². The number of nitro groups is 1. The Morgan fingerprint density at radius 3 is 2.72 bits per heavy atom. The van der Waals surface area contributed by atoms with Gasteiger partial charge in [0.05, 0.1) is 21.9 Å². The summed E-state index contributed by atoms with van der Waals surface area (Å²) in [6.07, 6.45) is 1.50. The molecule has 9 nitrogen and oxygen atoms in total. The van der Waals surface area contributed by atoms with E-state index in [2.05, 4.69) is 10.3 Å². The highest BCUT2D eigenvalue weighted by Crippen LogP contribution is 2.32. The minimum Gasteiger partial charge on any atom is -0.456 e. The maximum absolute atomic E-state index is 12.1. The number of likely N-dealkylation sites (N-methyl/N-ethyl adjacent to an activating group) is 1. The van der Waals surface area contributed by atoms with E-state index in [1.165, 1.54) is 12.1 Å². The van der Waals surface area contributed by atoms with Gasteiger partial charge in [-0.15, -0.1) is 12.4 Å². The van der Waals surface area contributed by atoms with E-state index in [1.807, 2.05) is 0 Å². The van der Waals surface area contributed by atoms with Crippen LogP contribution in [-0.2, 0) is 9.59 Å². The van der Waals surface area contributed by atoms with Crippen LogP contribution in [-0.4, -0.2) is 47.4 Å². The summed E-state index contributed by atoms with van der Waals surface area (Å²) in [6, 6.07) is 9.44. The number of amides is 2. The van der Waals surface area contributed by atoms with Gasteiger partial charge in [0.15, 0.2) is 5.17 Å². The van der Waals surface area contributed by atoms with Crippen LogP contribution in [0.5, 0.6) is 0 Å².